The molecule has 0 bridgehead atoms. The van der Waals surface area contributed by atoms with E-state index in [4.69, 9.17) is 5.73 Å². The highest BCUT2D eigenvalue weighted by Crippen LogP contribution is 2.16. The minimum atomic E-state index is -0.175. The molecule has 0 aliphatic carbocycles. The normalized spacial score (nSPS) is 10.2. The molecule has 0 atom stereocenters. The average molecular weight is 325 g/mol. The molecule has 0 fully saturated rings. The van der Waals surface area contributed by atoms with Crippen LogP contribution in [0.3, 0.4) is 0 Å². The molecule has 0 radical (unpaired) electrons. The average Bonchev–Trinajstić information content (AvgIpc) is 2.59. The fraction of sp³-hybridized carbons (Fsp3) is 0.263. The van der Waals surface area contributed by atoms with Crippen LogP contribution in [0.5, 0.6) is 0 Å². The molecule has 4 N–H and O–H groups in total. The summed E-state index contributed by atoms with van der Waals surface area (Å²) >= 11 is 0. The summed E-state index contributed by atoms with van der Waals surface area (Å²) in [5.41, 5.74) is 8.41. The summed E-state index contributed by atoms with van der Waals surface area (Å²) in [6, 6.07) is 14.5. The monoisotopic (exact) mass is 325 g/mol. The van der Waals surface area contributed by atoms with Crippen molar-refractivity contribution in [3.63, 3.8) is 0 Å². The van der Waals surface area contributed by atoms with Crippen molar-refractivity contribution >= 4 is 23.2 Å². The molecule has 0 aromatic heterocycles. The Balaban J connectivity index is 1.96. The Labute approximate surface area is 142 Å². The summed E-state index contributed by atoms with van der Waals surface area (Å²) in [7, 11) is 0. The van der Waals surface area contributed by atoms with Crippen LogP contribution in [0.4, 0.5) is 11.4 Å². The topological polar surface area (TPSA) is 84.2 Å². The second-order valence-electron chi connectivity index (χ2n) is 5.59. The minimum absolute atomic E-state index is 0.123. The predicted molar refractivity (Wildman–Crippen MR) is 96.9 cm³/mol. The molecule has 0 saturated heterocycles. The van der Waals surface area contributed by atoms with Crippen molar-refractivity contribution in [1.82, 2.24) is 5.32 Å². The lowest BCUT2D eigenvalue weighted by Crippen LogP contribution is -2.25. The first-order valence-corrected chi connectivity index (χ1v) is 8.11. The lowest BCUT2D eigenvalue weighted by molar-refractivity contribution is -0.116. The van der Waals surface area contributed by atoms with E-state index in [1.807, 2.05) is 31.2 Å². The number of carbonyl (C=O) groups excluding carboxylic acids is 2. The van der Waals surface area contributed by atoms with Crippen LogP contribution in [0.15, 0.2) is 48.5 Å². The Kier molecular flexibility index (Phi) is 6.37. The lowest BCUT2D eigenvalue weighted by atomic mass is 10.1. The molecule has 24 heavy (non-hydrogen) atoms. The van der Waals surface area contributed by atoms with Crippen molar-refractivity contribution in [3.05, 3.63) is 59.7 Å². The van der Waals surface area contributed by atoms with Crippen LogP contribution in [-0.4, -0.2) is 18.4 Å². The zero-order valence-corrected chi connectivity index (χ0v) is 13.8. The molecule has 2 aromatic carbocycles. The molecular formula is C19H23N3O2. The number of carbonyl (C=O) groups is 2. The van der Waals surface area contributed by atoms with E-state index in [-0.39, 0.29) is 11.8 Å². The van der Waals surface area contributed by atoms with Crippen molar-refractivity contribution in [2.75, 3.05) is 17.6 Å². The molecule has 0 spiro atoms. The number of amides is 2. The lowest BCUT2D eigenvalue weighted by Gasteiger charge is -2.11. The summed E-state index contributed by atoms with van der Waals surface area (Å²) in [5.74, 6) is -0.297. The Hall–Kier alpha value is -2.82. The summed E-state index contributed by atoms with van der Waals surface area (Å²) in [4.78, 5) is 24.3. The van der Waals surface area contributed by atoms with Gasteiger partial charge in [-0.3, -0.25) is 9.59 Å². The quantitative estimate of drug-likeness (QED) is 0.684. The van der Waals surface area contributed by atoms with Crippen molar-refractivity contribution in [1.29, 1.82) is 0 Å². The van der Waals surface area contributed by atoms with Crippen molar-refractivity contribution in [3.8, 4) is 0 Å². The molecule has 5 heteroatoms. The fourth-order valence-corrected chi connectivity index (χ4v) is 2.28. The highest BCUT2D eigenvalue weighted by atomic mass is 16.2. The molecule has 2 amide bonds. The van der Waals surface area contributed by atoms with Gasteiger partial charge in [0.15, 0.2) is 0 Å². The number of anilines is 2. The summed E-state index contributed by atoms with van der Waals surface area (Å²) in [6.07, 6.45) is 1.83. The molecule has 126 valence electrons. The first-order valence-electron chi connectivity index (χ1n) is 8.11. The van der Waals surface area contributed by atoms with E-state index in [2.05, 4.69) is 10.6 Å². The van der Waals surface area contributed by atoms with Gasteiger partial charge in [-0.15, -0.1) is 0 Å². The van der Waals surface area contributed by atoms with Crippen molar-refractivity contribution in [2.24, 2.45) is 0 Å². The number of nitrogen functional groups attached to an aromatic ring is 1. The molecule has 5 nitrogen and oxygen atoms in total. The first kappa shape index (κ1) is 17.5. The van der Waals surface area contributed by atoms with Gasteiger partial charge in [-0.25, -0.2) is 0 Å². The second-order valence-corrected chi connectivity index (χ2v) is 5.59. The maximum Gasteiger partial charge on any atom is 0.253 e. The van der Waals surface area contributed by atoms with E-state index in [0.29, 0.717) is 36.3 Å². The smallest absolute Gasteiger partial charge is 0.253 e. The van der Waals surface area contributed by atoms with E-state index in [9.17, 15) is 9.59 Å². The van der Waals surface area contributed by atoms with Gasteiger partial charge in [0, 0.05) is 18.7 Å². The van der Waals surface area contributed by atoms with Gasteiger partial charge in [0.1, 0.15) is 0 Å². The zero-order valence-electron chi connectivity index (χ0n) is 13.8. The third-order valence-electron chi connectivity index (χ3n) is 3.60. The molecule has 2 aromatic rings. The molecule has 0 aliphatic heterocycles. The third kappa shape index (κ3) is 5.12. The maximum absolute atomic E-state index is 12.2. The van der Waals surface area contributed by atoms with Crippen LogP contribution >= 0.6 is 0 Å². The predicted octanol–water partition coefficient (Wildman–Crippen LogP) is 2.98. The number of nitrogens with one attached hydrogen (secondary N) is 2. The minimum Gasteiger partial charge on any atom is -0.399 e. The van der Waals surface area contributed by atoms with Gasteiger partial charge in [0.05, 0.1) is 11.3 Å². The van der Waals surface area contributed by atoms with Crippen LogP contribution in [0, 0.1) is 0 Å². The van der Waals surface area contributed by atoms with Gasteiger partial charge in [-0.1, -0.05) is 31.2 Å². The number of para-hydroxylation sites is 1. The van der Waals surface area contributed by atoms with Crippen LogP contribution in [0.25, 0.3) is 0 Å². The number of hydrogen-bond acceptors (Lipinski definition) is 3. The number of hydrogen-bond donors (Lipinski definition) is 3. The van der Waals surface area contributed by atoms with E-state index < -0.39 is 0 Å². The van der Waals surface area contributed by atoms with Gasteiger partial charge in [0.2, 0.25) is 5.91 Å². The van der Waals surface area contributed by atoms with Crippen molar-refractivity contribution in [2.45, 2.75) is 26.2 Å². The number of benzene rings is 2. The molecule has 2 rings (SSSR count). The van der Waals surface area contributed by atoms with E-state index in [0.717, 1.165) is 12.0 Å². The van der Waals surface area contributed by atoms with Gasteiger partial charge >= 0.3 is 0 Å². The molecular weight excluding hydrogens is 302 g/mol. The summed E-state index contributed by atoms with van der Waals surface area (Å²) in [6.45, 7) is 2.60. The largest absolute Gasteiger partial charge is 0.399 e. The Morgan fingerprint density at radius 1 is 1.04 bits per heavy atom. The Morgan fingerprint density at radius 3 is 2.46 bits per heavy atom. The van der Waals surface area contributed by atoms with Gasteiger partial charge in [-0.2, -0.15) is 0 Å². The second kappa shape index (κ2) is 8.72. The Morgan fingerprint density at radius 2 is 1.75 bits per heavy atom. The summed E-state index contributed by atoms with van der Waals surface area (Å²) < 4.78 is 0. The third-order valence-corrected chi connectivity index (χ3v) is 3.60. The van der Waals surface area contributed by atoms with E-state index >= 15 is 0 Å². The standard InChI is InChI=1S/C19H23N3O2/c1-2-13-21-19(24)16-5-3-4-6-17(16)22-18(23)12-9-14-7-10-15(20)11-8-14/h3-8,10-11H,2,9,12-13,20H2,1H3,(H,21,24)(H,22,23). The molecule has 0 unspecified atom stereocenters. The molecule has 0 aliphatic rings. The van der Waals surface area contributed by atoms with Gasteiger partial charge < -0.3 is 16.4 Å². The van der Waals surface area contributed by atoms with Crippen LogP contribution < -0.4 is 16.4 Å². The molecule has 0 heterocycles. The van der Waals surface area contributed by atoms with E-state index in [1.54, 1.807) is 24.3 Å². The van der Waals surface area contributed by atoms with Crippen LogP contribution in [-0.2, 0) is 11.2 Å². The number of aryl methyl sites for hydroxylation is 1. The van der Waals surface area contributed by atoms with Crippen molar-refractivity contribution < 1.29 is 9.59 Å². The highest BCUT2D eigenvalue weighted by molar-refractivity contribution is 6.03. The van der Waals surface area contributed by atoms with Crippen LogP contribution in [0.2, 0.25) is 0 Å². The van der Waals surface area contributed by atoms with Gasteiger partial charge in [-0.05, 0) is 42.7 Å². The van der Waals surface area contributed by atoms with E-state index in [1.165, 1.54) is 0 Å². The SMILES string of the molecule is CCCNC(=O)c1ccccc1NC(=O)CCc1ccc(N)cc1. The number of rotatable bonds is 7. The maximum atomic E-state index is 12.2. The molecule has 0 saturated carbocycles. The first-order chi connectivity index (χ1) is 11.6. The van der Waals surface area contributed by atoms with Crippen LogP contribution in [0.1, 0.15) is 35.7 Å². The Bertz CT molecular complexity index is 696. The fourth-order valence-electron chi connectivity index (χ4n) is 2.28. The summed E-state index contributed by atoms with van der Waals surface area (Å²) in [5, 5.41) is 5.65. The number of nitrogens with two attached hydrogens (primary N) is 1. The highest BCUT2D eigenvalue weighted by Gasteiger charge is 2.12. The van der Waals surface area contributed by atoms with Gasteiger partial charge in [0.25, 0.3) is 5.91 Å². The zero-order chi connectivity index (χ0) is 17.4.